The van der Waals surface area contributed by atoms with Gasteiger partial charge in [-0.2, -0.15) is 0 Å². The lowest BCUT2D eigenvalue weighted by atomic mass is 10.0. The van der Waals surface area contributed by atoms with Crippen LogP contribution in [-0.4, -0.2) is 43.7 Å². The van der Waals surface area contributed by atoms with E-state index < -0.39 is 0 Å². The number of carbonyl (C=O) groups is 1. The highest BCUT2D eigenvalue weighted by atomic mass is 19.1. The van der Waals surface area contributed by atoms with Crippen molar-refractivity contribution in [1.29, 1.82) is 0 Å². The van der Waals surface area contributed by atoms with Crippen LogP contribution < -0.4 is 5.32 Å². The number of benzene rings is 1. The van der Waals surface area contributed by atoms with Gasteiger partial charge in [0.15, 0.2) is 0 Å². The van der Waals surface area contributed by atoms with Gasteiger partial charge in [0.2, 0.25) is 5.91 Å². The topological polar surface area (TPSA) is 54.7 Å². The summed E-state index contributed by atoms with van der Waals surface area (Å²) in [6, 6.07) is 10.1. The fourth-order valence-corrected chi connectivity index (χ4v) is 2.99. The van der Waals surface area contributed by atoms with E-state index in [1.807, 2.05) is 19.1 Å². The van der Waals surface area contributed by atoms with Gasteiger partial charge >= 0.3 is 0 Å². The standard InChI is InChI=1S/C20H23FN2O3/c1-15-2-7-18(26-15)8-9-20(24)22-14-19(23-10-12-25-13-11-23)16-3-5-17(21)6-4-16/h2-9,19H,10-14H2,1H3,(H,22,24). The van der Waals surface area contributed by atoms with E-state index in [0.717, 1.165) is 24.4 Å². The smallest absolute Gasteiger partial charge is 0.244 e. The van der Waals surface area contributed by atoms with Crippen LogP contribution in [0.4, 0.5) is 4.39 Å². The normalized spacial score (nSPS) is 16.7. The van der Waals surface area contributed by atoms with E-state index >= 15 is 0 Å². The summed E-state index contributed by atoms with van der Waals surface area (Å²) in [5, 5.41) is 2.93. The summed E-state index contributed by atoms with van der Waals surface area (Å²) in [4.78, 5) is 14.4. The first kappa shape index (κ1) is 18.4. The number of nitrogens with zero attached hydrogens (tertiary/aromatic N) is 1. The van der Waals surface area contributed by atoms with Gasteiger partial charge in [-0.05, 0) is 42.8 Å². The molecular weight excluding hydrogens is 335 g/mol. The second-order valence-electron chi connectivity index (χ2n) is 6.24. The summed E-state index contributed by atoms with van der Waals surface area (Å²) in [5.41, 5.74) is 0.972. The van der Waals surface area contributed by atoms with E-state index in [2.05, 4.69) is 10.2 Å². The van der Waals surface area contributed by atoms with Gasteiger partial charge in [-0.3, -0.25) is 9.69 Å². The first-order valence-electron chi connectivity index (χ1n) is 8.71. The van der Waals surface area contributed by atoms with Gasteiger partial charge in [0.05, 0.1) is 19.3 Å². The molecule has 1 N–H and O–H groups in total. The number of ether oxygens (including phenoxy) is 1. The van der Waals surface area contributed by atoms with Crippen molar-refractivity contribution in [2.45, 2.75) is 13.0 Å². The molecule has 1 aromatic carbocycles. The van der Waals surface area contributed by atoms with Crippen LogP contribution in [0.1, 0.15) is 23.1 Å². The molecule has 5 nitrogen and oxygen atoms in total. The minimum absolute atomic E-state index is 0.0253. The first-order chi connectivity index (χ1) is 12.6. The van der Waals surface area contributed by atoms with E-state index in [-0.39, 0.29) is 17.8 Å². The molecule has 1 fully saturated rings. The lowest BCUT2D eigenvalue weighted by Gasteiger charge is -2.34. The van der Waals surface area contributed by atoms with Crippen molar-refractivity contribution in [2.24, 2.45) is 0 Å². The fraction of sp³-hybridized carbons (Fsp3) is 0.350. The largest absolute Gasteiger partial charge is 0.462 e. The number of hydrogen-bond donors (Lipinski definition) is 1. The summed E-state index contributed by atoms with van der Waals surface area (Å²) in [7, 11) is 0. The van der Waals surface area contributed by atoms with E-state index in [4.69, 9.17) is 9.15 Å². The average Bonchev–Trinajstić information content (AvgIpc) is 3.08. The molecule has 0 radical (unpaired) electrons. The van der Waals surface area contributed by atoms with Gasteiger partial charge in [0.1, 0.15) is 17.3 Å². The predicted molar refractivity (Wildman–Crippen MR) is 97.0 cm³/mol. The predicted octanol–water partition coefficient (Wildman–Crippen LogP) is 2.93. The van der Waals surface area contributed by atoms with Crippen LogP contribution in [0.3, 0.4) is 0 Å². The molecular formula is C20H23FN2O3. The summed E-state index contributed by atoms with van der Waals surface area (Å²) in [6.45, 7) is 5.16. The van der Waals surface area contributed by atoms with Crippen LogP contribution in [0.25, 0.3) is 6.08 Å². The zero-order valence-electron chi connectivity index (χ0n) is 14.8. The molecule has 1 aromatic heterocycles. The van der Waals surface area contributed by atoms with E-state index in [1.165, 1.54) is 18.2 Å². The molecule has 2 heterocycles. The zero-order chi connectivity index (χ0) is 18.4. The first-order valence-corrected chi connectivity index (χ1v) is 8.71. The van der Waals surface area contributed by atoms with E-state index in [9.17, 15) is 9.18 Å². The molecule has 138 valence electrons. The molecule has 1 saturated heterocycles. The van der Waals surface area contributed by atoms with Crippen LogP contribution in [0, 0.1) is 12.7 Å². The molecule has 6 heteroatoms. The Morgan fingerprint density at radius 3 is 2.62 bits per heavy atom. The van der Waals surface area contributed by atoms with Crippen LogP contribution in [0.2, 0.25) is 0 Å². The van der Waals surface area contributed by atoms with Crippen LogP contribution in [0.15, 0.2) is 46.9 Å². The summed E-state index contributed by atoms with van der Waals surface area (Å²) in [6.07, 6.45) is 3.10. The number of aryl methyl sites for hydroxylation is 1. The van der Waals surface area contributed by atoms with Gasteiger partial charge in [0.25, 0.3) is 0 Å². The molecule has 0 bridgehead atoms. The number of amides is 1. The highest BCUT2D eigenvalue weighted by Crippen LogP contribution is 2.21. The van der Waals surface area contributed by atoms with Crippen molar-refractivity contribution < 1.29 is 18.3 Å². The van der Waals surface area contributed by atoms with Gasteiger partial charge in [0, 0.05) is 25.7 Å². The van der Waals surface area contributed by atoms with Crippen LogP contribution in [-0.2, 0) is 9.53 Å². The maximum absolute atomic E-state index is 13.2. The van der Waals surface area contributed by atoms with Crippen LogP contribution in [0.5, 0.6) is 0 Å². The van der Waals surface area contributed by atoms with Crippen molar-refractivity contribution in [3.63, 3.8) is 0 Å². The second kappa shape index (κ2) is 8.78. The Labute approximate surface area is 152 Å². The molecule has 1 unspecified atom stereocenters. The maximum Gasteiger partial charge on any atom is 0.244 e. The van der Waals surface area contributed by atoms with Crippen molar-refractivity contribution in [3.05, 3.63) is 65.4 Å². The lowest BCUT2D eigenvalue weighted by molar-refractivity contribution is -0.116. The minimum Gasteiger partial charge on any atom is -0.462 e. The fourth-order valence-electron chi connectivity index (χ4n) is 2.99. The Bertz CT molecular complexity index is 749. The molecule has 2 aromatic rings. The monoisotopic (exact) mass is 358 g/mol. The summed E-state index contributed by atoms with van der Waals surface area (Å²) in [5.74, 6) is 0.976. The molecule has 0 aliphatic carbocycles. The minimum atomic E-state index is -0.268. The number of halogens is 1. The Morgan fingerprint density at radius 1 is 1.23 bits per heavy atom. The Morgan fingerprint density at radius 2 is 1.96 bits per heavy atom. The third-order valence-corrected chi connectivity index (χ3v) is 4.37. The van der Waals surface area contributed by atoms with E-state index in [1.54, 1.807) is 18.2 Å². The summed E-state index contributed by atoms with van der Waals surface area (Å²) < 4.78 is 24.1. The SMILES string of the molecule is Cc1ccc(C=CC(=O)NCC(c2ccc(F)cc2)N2CCOCC2)o1. The number of furan rings is 1. The molecule has 1 aliphatic rings. The quantitative estimate of drug-likeness (QED) is 0.807. The van der Waals surface area contributed by atoms with Crippen molar-refractivity contribution in [1.82, 2.24) is 10.2 Å². The zero-order valence-corrected chi connectivity index (χ0v) is 14.8. The van der Waals surface area contributed by atoms with Gasteiger partial charge in [-0.25, -0.2) is 4.39 Å². The molecule has 1 atom stereocenters. The van der Waals surface area contributed by atoms with Gasteiger partial charge in [-0.15, -0.1) is 0 Å². The van der Waals surface area contributed by atoms with Crippen molar-refractivity contribution in [2.75, 3.05) is 32.8 Å². The Hall–Kier alpha value is -2.44. The van der Waals surface area contributed by atoms with Crippen LogP contribution >= 0.6 is 0 Å². The highest BCUT2D eigenvalue weighted by molar-refractivity contribution is 5.91. The molecule has 0 spiro atoms. The van der Waals surface area contributed by atoms with Gasteiger partial charge < -0.3 is 14.5 Å². The number of carbonyl (C=O) groups excluding carboxylic acids is 1. The number of nitrogens with one attached hydrogen (secondary N) is 1. The van der Waals surface area contributed by atoms with Gasteiger partial charge in [-0.1, -0.05) is 12.1 Å². The maximum atomic E-state index is 13.2. The Balaban J connectivity index is 1.64. The third-order valence-electron chi connectivity index (χ3n) is 4.37. The Kier molecular flexibility index (Phi) is 6.20. The summed E-state index contributed by atoms with van der Waals surface area (Å²) >= 11 is 0. The molecule has 0 saturated carbocycles. The number of hydrogen-bond acceptors (Lipinski definition) is 4. The third kappa shape index (κ3) is 5.03. The number of morpholine rings is 1. The van der Waals surface area contributed by atoms with Crippen molar-refractivity contribution >= 4 is 12.0 Å². The van der Waals surface area contributed by atoms with Crippen molar-refractivity contribution in [3.8, 4) is 0 Å². The molecule has 3 rings (SSSR count). The second-order valence-corrected chi connectivity index (χ2v) is 6.24. The average molecular weight is 358 g/mol. The molecule has 1 amide bonds. The van der Waals surface area contributed by atoms with E-state index in [0.29, 0.717) is 25.5 Å². The number of rotatable bonds is 6. The highest BCUT2D eigenvalue weighted by Gasteiger charge is 2.23. The lowest BCUT2D eigenvalue weighted by Crippen LogP contribution is -2.43. The molecule has 26 heavy (non-hydrogen) atoms. The molecule has 1 aliphatic heterocycles.